The van der Waals surface area contributed by atoms with Gasteiger partial charge in [-0.25, -0.2) is 9.48 Å². The van der Waals surface area contributed by atoms with Crippen molar-refractivity contribution in [1.29, 1.82) is 0 Å². The first-order valence-electron chi connectivity index (χ1n) is 10.8. The number of rotatable bonds is 7. The minimum atomic E-state index is -4.51. The highest BCUT2D eigenvalue weighted by molar-refractivity contribution is 6.30. The maximum absolute atomic E-state index is 13.0. The smallest absolute Gasteiger partial charge is 0.416 e. The molecule has 36 heavy (non-hydrogen) atoms. The highest BCUT2D eigenvalue weighted by Gasteiger charge is 2.30. The van der Waals surface area contributed by atoms with Crippen molar-refractivity contribution in [2.75, 3.05) is 0 Å². The van der Waals surface area contributed by atoms with E-state index < -0.39 is 48.0 Å². The molecule has 0 aliphatic carbocycles. The van der Waals surface area contributed by atoms with Crippen molar-refractivity contribution in [3.8, 4) is 11.4 Å². The van der Waals surface area contributed by atoms with E-state index in [2.05, 4.69) is 10.4 Å². The number of carbonyl (C=O) groups excluding carboxylic acids is 2. The summed E-state index contributed by atoms with van der Waals surface area (Å²) in [6.45, 7) is 3.92. The molecule has 0 atom stereocenters. The van der Waals surface area contributed by atoms with E-state index in [1.165, 1.54) is 12.1 Å². The number of hydrogen-bond donors (Lipinski definition) is 1. The molecule has 0 fully saturated rings. The van der Waals surface area contributed by atoms with E-state index in [4.69, 9.17) is 16.3 Å². The molecule has 0 radical (unpaired) electrons. The summed E-state index contributed by atoms with van der Waals surface area (Å²) in [7, 11) is 0. The topological polar surface area (TPSA) is 95.2 Å². The molecule has 192 valence electrons. The zero-order valence-corrected chi connectivity index (χ0v) is 20.5. The molecule has 12 heteroatoms. The fourth-order valence-corrected chi connectivity index (χ4v) is 3.38. The number of nitrogens with zero attached hydrogens (tertiary/aromatic N) is 3. The third-order valence-electron chi connectivity index (χ3n) is 4.77. The van der Waals surface area contributed by atoms with E-state index in [-0.39, 0.29) is 17.9 Å². The van der Waals surface area contributed by atoms with E-state index in [1.807, 2.05) is 0 Å². The van der Waals surface area contributed by atoms with Crippen LogP contribution in [0.3, 0.4) is 0 Å². The van der Waals surface area contributed by atoms with Gasteiger partial charge < -0.3 is 10.1 Å². The number of esters is 1. The molecule has 8 nitrogen and oxygen atoms in total. The third-order valence-corrected chi connectivity index (χ3v) is 5.02. The second-order valence-electron chi connectivity index (χ2n) is 8.92. The molecule has 3 aromatic rings. The Bertz CT molecular complexity index is 1310. The molecule has 0 bridgehead atoms. The maximum atomic E-state index is 13.0. The zero-order chi connectivity index (χ0) is 26.7. The summed E-state index contributed by atoms with van der Waals surface area (Å²) < 4.78 is 46.0. The first kappa shape index (κ1) is 27.0. The van der Waals surface area contributed by atoms with Crippen molar-refractivity contribution in [1.82, 2.24) is 19.7 Å². The van der Waals surface area contributed by atoms with Gasteiger partial charge in [0.1, 0.15) is 18.7 Å². The number of amides is 1. The van der Waals surface area contributed by atoms with Crippen molar-refractivity contribution in [2.24, 2.45) is 0 Å². The average molecular weight is 525 g/mol. The van der Waals surface area contributed by atoms with E-state index in [0.29, 0.717) is 10.6 Å². The highest BCUT2D eigenvalue weighted by atomic mass is 35.5. The van der Waals surface area contributed by atoms with Crippen molar-refractivity contribution in [3.63, 3.8) is 0 Å². The van der Waals surface area contributed by atoms with Crippen LogP contribution in [-0.2, 0) is 40.1 Å². The number of alkyl halides is 3. The van der Waals surface area contributed by atoms with Gasteiger partial charge in [0.15, 0.2) is 5.82 Å². The Morgan fingerprint density at radius 3 is 2.33 bits per heavy atom. The van der Waals surface area contributed by atoms with Gasteiger partial charge >= 0.3 is 17.8 Å². The van der Waals surface area contributed by atoms with Crippen molar-refractivity contribution in [3.05, 3.63) is 75.2 Å². The van der Waals surface area contributed by atoms with Crippen LogP contribution in [0.5, 0.6) is 0 Å². The van der Waals surface area contributed by atoms with Crippen LogP contribution in [0.25, 0.3) is 11.4 Å². The van der Waals surface area contributed by atoms with E-state index in [9.17, 15) is 27.6 Å². The van der Waals surface area contributed by atoms with Gasteiger partial charge in [0.25, 0.3) is 0 Å². The molecule has 0 aliphatic rings. The summed E-state index contributed by atoms with van der Waals surface area (Å²) in [5, 5.41) is 7.14. The lowest BCUT2D eigenvalue weighted by Crippen LogP contribution is -2.35. The van der Waals surface area contributed by atoms with Crippen LogP contribution in [0.2, 0.25) is 5.02 Å². The summed E-state index contributed by atoms with van der Waals surface area (Å²) >= 11 is 5.94. The minimum absolute atomic E-state index is 0.119. The largest absolute Gasteiger partial charge is 0.459 e. The Morgan fingerprint density at radius 2 is 1.72 bits per heavy atom. The lowest BCUT2D eigenvalue weighted by molar-refractivity contribution is -0.155. The maximum Gasteiger partial charge on any atom is 0.416 e. The predicted octanol–water partition coefficient (Wildman–Crippen LogP) is 4.04. The molecule has 1 aromatic heterocycles. The summed E-state index contributed by atoms with van der Waals surface area (Å²) in [4.78, 5) is 37.9. The standard InChI is InChI=1S/C24H24ClF3N4O4/c1-23(2,3)36-20(34)14-31-21(16-7-9-18(25)10-8-16)30-32(22(31)35)13-19(33)29-12-15-5-4-6-17(11-15)24(26,27)28/h4-11H,12-14H2,1-3H3,(H,29,33). The molecule has 0 saturated heterocycles. The highest BCUT2D eigenvalue weighted by Crippen LogP contribution is 2.29. The number of carbonyl (C=O) groups is 2. The van der Waals surface area contributed by atoms with Gasteiger partial charge in [-0.15, -0.1) is 5.10 Å². The van der Waals surface area contributed by atoms with Gasteiger partial charge in [-0.2, -0.15) is 13.2 Å². The fourth-order valence-electron chi connectivity index (χ4n) is 3.25. The molecule has 1 heterocycles. The van der Waals surface area contributed by atoms with Crippen molar-refractivity contribution < 1.29 is 27.5 Å². The SMILES string of the molecule is CC(C)(C)OC(=O)Cn1c(-c2ccc(Cl)cc2)nn(CC(=O)NCc2cccc(C(F)(F)F)c2)c1=O. The Labute approximate surface area is 209 Å². The van der Waals surface area contributed by atoms with Crippen LogP contribution in [0, 0.1) is 0 Å². The van der Waals surface area contributed by atoms with Gasteiger partial charge in [-0.05, 0) is 62.7 Å². The first-order chi connectivity index (χ1) is 16.7. The van der Waals surface area contributed by atoms with E-state index in [0.717, 1.165) is 21.4 Å². The van der Waals surface area contributed by atoms with Crippen LogP contribution >= 0.6 is 11.6 Å². The first-order valence-corrected chi connectivity index (χ1v) is 11.2. The van der Waals surface area contributed by atoms with Crippen molar-refractivity contribution in [2.45, 2.75) is 52.2 Å². The summed E-state index contributed by atoms with van der Waals surface area (Å²) in [5.41, 5.74) is -1.63. The Balaban J connectivity index is 1.81. The van der Waals surface area contributed by atoms with Gasteiger partial charge in [0.05, 0.1) is 5.56 Å². The molecule has 0 saturated carbocycles. The Hall–Kier alpha value is -3.60. The summed E-state index contributed by atoms with van der Waals surface area (Å²) in [6, 6.07) is 10.9. The molecule has 0 spiro atoms. The summed E-state index contributed by atoms with van der Waals surface area (Å²) in [5.74, 6) is -1.21. The van der Waals surface area contributed by atoms with E-state index >= 15 is 0 Å². The minimum Gasteiger partial charge on any atom is -0.459 e. The number of hydrogen-bond acceptors (Lipinski definition) is 5. The van der Waals surface area contributed by atoms with Gasteiger partial charge in [0.2, 0.25) is 5.91 Å². The summed E-state index contributed by atoms with van der Waals surface area (Å²) in [6.07, 6.45) is -4.51. The molecule has 2 aromatic carbocycles. The zero-order valence-electron chi connectivity index (χ0n) is 19.7. The van der Waals surface area contributed by atoms with Crippen molar-refractivity contribution >= 4 is 23.5 Å². The quantitative estimate of drug-likeness (QED) is 0.471. The molecule has 0 unspecified atom stereocenters. The fraction of sp³-hybridized carbons (Fsp3) is 0.333. The average Bonchev–Trinajstić information content (AvgIpc) is 3.06. The molecule has 1 amide bonds. The predicted molar refractivity (Wildman–Crippen MR) is 126 cm³/mol. The van der Waals surface area contributed by atoms with Gasteiger partial charge in [-0.1, -0.05) is 23.7 Å². The second-order valence-corrected chi connectivity index (χ2v) is 9.35. The van der Waals surface area contributed by atoms with Gasteiger partial charge in [0, 0.05) is 17.1 Å². The number of halogens is 4. The molecular weight excluding hydrogens is 501 g/mol. The number of nitrogens with one attached hydrogen (secondary N) is 1. The Kier molecular flexibility index (Phi) is 7.92. The van der Waals surface area contributed by atoms with Crippen LogP contribution < -0.4 is 11.0 Å². The molecule has 1 N–H and O–H groups in total. The monoisotopic (exact) mass is 524 g/mol. The number of ether oxygens (including phenoxy) is 1. The molecule has 3 rings (SSSR count). The number of benzene rings is 2. The van der Waals surface area contributed by atoms with E-state index in [1.54, 1.807) is 45.0 Å². The number of aromatic nitrogens is 3. The van der Waals surface area contributed by atoms with Crippen LogP contribution in [0.4, 0.5) is 13.2 Å². The molecular formula is C24H24ClF3N4O4. The van der Waals surface area contributed by atoms with Crippen LogP contribution in [-0.4, -0.2) is 31.8 Å². The van der Waals surface area contributed by atoms with Crippen LogP contribution in [0.1, 0.15) is 31.9 Å². The van der Waals surface area contributed by atoms with Crippen LogP contribution in [0.15, 0.2) is 53.3 Å². The second kappa shape index (κ2) is 10.6. The lowest BCUT2D eigenvalue weighted by Gasteiger charge is -2.19. The normalized spacial score (nSPS) is 11.9. The third kappa shape index (κ3) is 7.20. The molecule has 0 aliphatic heterocycles. The Morgan fingerprint density at radius 1 is 1.06 bits per heavy atom. The lowest BCUT2D eigenvalue weighted by atomic mass is 10.1. The van der Waals surface area contributed by atoms with Gasteiger partial charge in [-0.3, -0.25) is 14.2 Å².